The summed E-state index contributed by atoms with van der Waals surface area (Å²) in [5.41, 5.74) is 0.716. The smallest absolute Gasteiger partial charge is 0.535 e. The Balaban J connectivity index is 1.99. The number of hydrogen-bond donors (Lipinski definition) is 2. The highest BCUT2D eigenvalue weighted by Gasteiger charge is 2.35. The van der Waals surface area contributed by atoms with Gasteiger partial charge in [0.15, 0.2) is 0 Å². The van der Waals surface area contributed by atoms with Crippen molar-refractivity contribution >= 4 is 18.8 Å². The predicted molar refractivity (Wildman–Crippen MR) is 70.6 cm³/mol. The number of Topliss-reactive ketones (excluding diaryl/α,β-unsaturated/α-hetero) is 1. The zero-order chi connectivity index (χ0) is 14.7. The van der Waals surface area contributed by atoms with Crippen LogP contribution in [0, 0.1) is 5.82 Å². The van der Waals surface area contributed by atoms with Crippen LogP contribution in [0.1, 0.15) is 25.3 Å². The van der Waals surface area contributed by atoms with Crippen molar-refractivity contribution in [1.82, 2.24) is 5.32 Å². The van der Waals surface area contributed by atoms with Crippen molar-refractivity contribution < 1.29 is 23.7 Å². The molecule has 1 amide bonds. The van der Waals surface area contributed by atoms with Crippen LogP contribution in [-0.4, -0.2) is 29.8 Å². The van der Waals surface area contributed by atoms with E-state index < -0.39 is 18.9 Å². The maximum atomic E-state index is 13.0. The molecular weight excluding hydrogens is 264 g/mol. The molecule has 0 spiro atoms. The predicted octanol–water partition coefficient (Wildman–Crippen LogP) is 0.634. The van der Waals surface area contributed by atoms with Crippen molar-refractivity contribution in [2.75, 3.05) is 0 Å². The minimum Gasteiger partial charge on any atom is -0.535 e. The van der Waals surface area contributed by atoms with Gasteiger partial charge in [-0.15, -0.1) is 0 Å². The molecule has 2 rings (SSSR count). The van der Waals surface area contributed by atoms with Gasteiger partial charge in [-0.3, -0.25) is 4.79 Å². The van der Waals surface area contributed by atoms with Gasteiger partial charge in [0, 0.05) is 18.9 Å². The zero-order valence-corrected chi connectivity index (χ0v) is 11.1. The van der Waals surface area contributed by atoms with E-state index in [1.165, 1.54) is 19.1 Å². The van der Waals surface area contributed by atoms with E-state index in [-0.39, 0.29) is 30.3 Å². The highest BCUT2D eigenvalue weighted by molar-refractivity contribution is 6.46. The van der Waals surface area contributed by atoms with Gasteiger partial charge in [-0.1, -0.05) is 6.07 Å². The second-order valence-electron chi connectivity index (χ2n) is 4.84. The second-order valence-corrected chi connectivity index (χ2v) is 4.84. The van der Waals surface area contributed by atoms with Gasteiger partial charge in [0.1, 0.15) is 17.3 Å². The molecule has 1 aliphatic rings. The summed E-state index contributed by atoms with van der Waals surface area (Å²) in [6, 6.07) is 4.06. The summed E-state index contributed by atoms with van der Waals surface area (Å²) in [5, 5.41) is 12.4. The quantitative estimate of drug-likeness (QED) is 0.793. The van der Waals surface area contributed by atoms with Gasteiger partial charge < -0.3 is 19.8 Å². The van der Waals surface area contributed by atoms with Crippen LogP contribution in [0.2, 0.25) is 0 Å². The summed E-state index contributed by atoms with van der Waals surface area (Å²) in [7, 11) is -1.23. The highest BCUT2D eigenvalue weighted by atomic mass is 19.1. The molecule has 1 aliphatic heterocycles. The van der Waals surface area contributed by atoms with Crippen LogP contribution in [0.3, 0.4) is 0 Å². The third-order valence-electron chi connectivity index (χ3n) is 3.11. The first-order chi connectivity index (χ1) is 9.45. The minimum absolute atomic E-state index is 0.0681. The number of ketones is 1. The SMILES string of the molecule is CC(=O)CCC(=O)N[C@H]1Cc2ccc(F)cc2OB1O. The van der Waals surface area contributed by atoms with E-state index >= 15 is 0 Å². The van der Waals surface area contributed by atoms with Crippen LogP contribution in [0.25, 0.3) is 0 Å². The molecule has 2 N–H and O–H groups in total. The first-order valence-corrected chi connectivity index (χ1v) is 6.37. The van der Waals surface area contributed by atoms with Gasteiger partial charge in [-0.2, -0.15) is 0 Å². The fourth-order valence-electron chi connectivity index (χ4n) is 2.05. The van der Waals surface area contributed by atoms with Crippen LogP contribution in [0.4, 0.5) is 4.39 Å². The van der Waals surface area contributed by atoms with E-state index in [1.807, 2.05) is 0 Å². The third-order valence-corrected chi connectivity index (χ3v) is 3.11. The first-order valence-electron chi connectivity index (χ1n) is 6.37. The topological polar surface area (TPSA) is 75.6 Å². The second kappa shape index (κ2) is 6.05. The van der Waals surface area contributed by atoms with E-state index in [0.717, 1.165) is 0 Å². The number of halogens is 1. The molecule has 1 atom stereocenters. The van der Waals surface area contributed by atoms with Gasteiger partial charge in [-0.25, -0.2) is 4.39 Å². The summed E-state index contributed by atoms with van der Waals surface area (Å²) >= 11 is 0. The third kappa shape index (κ3) is 3.57. The van der Waals surface area contributed by atoms with Gasteiger partial charge in [0.05, 0.1) is 5.94 Å². The van der Waals surface area contributed by atoms with Crippen LogP contribution < -0.4 is 9.97 Å². The van der Waals surface area contributed by atoms with E-state index in [0.29, 0.717) is 12.0 Å². The van der Waals surface area contributed by atoms with E-state index in [2.05, 4.69) is 5.32 Å². The molecule has 1 aromatic rings. The number of rotatable bonds is 4. The average Bonchev–Trinajstić information content (AvgIpc) is 2.37. The van der Waals surface area contributed by atoms with E-state index in [9.17, 15) is 19.0 Å². The number of carbonyl (C=O) groups excluding carboxylic acids is 2. The van der Waals surface area contributed by atoms with Crippen LogP contribution >= 0.6 is 0 Å². The minimum atomic E-state index is -1.23. The molecule has 0 radical (unpaired) electrons. The lowest BCUT2D eigenvalue weighted by atomic mass is 9.72. The molecule has 1 heterocycles. The number of carbonyl (C=O) groups is 2. The molecule has 0 saturated carbocycles. The van der Waals surface area contributed by atoms with Crippen molar-refractivity contribution in [2.45, 2.75) is 32.1 Å². The van der Waals surface area contributed by atoms with Gasteiger partial charge in [0.25, 0.3) is 0 Å². The Bertz CT molecular complexity index is 537. The molecule has 20 heavy (non-hydrogen) atoms. The Morgan fingerprint density at radius 2 is 2.25 bits per heavy atom. The first kappa shape index (κ1) is 14.5. The number of amides is 1. The molecule has 0 aromatic heterocycles. The van der Waals surface area contributed by atoms with Crippen LogP contribution in [-0.2, 0) is 16.0 Å². The lowest BCUT2D eigenvalue weighted by Crippen LogP contribution is -2.53. The Labute approximate surface area is 116 Å². The number of hydrogen-bond acceptors (Lipinski definition) is 4. The van der Waals surface area contributed by atoms with Gasteiger partial charge in [-0.05, 0) is 25.0 Å². The van der Waals surface area contributed by atoms with Crippen molar-refractivity contribution in [3.63, 3.8) is 0 Å². The summed E-state index contributed by atoms with van der Waals surface area (Å²) in [6.45, 7) is 1.41. The number of benzene rings is 1. The lowest BCUT2D eigenvalue weighted by Gasteiger charge is -2.28. The Hall–Kier alpha value is -1.89. The molecule has 7 heteroatoms. The lowest BCUT2D eigenvalue weighted by molar-refractivity contribution is -0.124. The maximum absolute atomic E-state index is 13.0. The molecule has 5 nitrogen and oxygen atoms in total. The fourth-order valence-corrected chi connectivity index (χ4v) is 2.05. The average molecular weight is 279 g/mol. The summed E-state index contributed by atoms with van der Waals surface area (Å²) < 4.78 is 18.2. The molecule has 106 valence electrons. The van der Waals surface area contributed by atoms with Gasteiger partial charge in [0.2, 0.25) is 5.91 Å². The Morgan fingerprint density at radius 3 is 2.95 bits per heavy atom. The molecule has 1 aromatic carbocycles. The summed E-state index contributed by atoms with van der Waals surface area (Å²) in [6.07, 6.45) is 0.592. The molecule has 0 aliphatic carbocycles. The standard InChI is InChI=1S/C13H15BFNO4/c1-8(17)2-5-13(18)16-12-6-9-3-4-10(15)7-11(9)20-14(12)19/h3-4,7,12,19H,2,5-6H2,1H3,(H,16,18)/t12-/m0/s1. The fraction of sp³-hybridized carbons (Fsp3) is 0.385. The van der Waals surface area contributed by atoms with E-state index in [1.54, 1.807) is 6.07 Å². The maximum Gasteiger partial charge on any atom is 0.547 e. The van der Waals surface area contributed by atoms with Crippen molar-refractivity contribution in [3.05, 3.63) is 29.6 Å². The van der Waals surface area contributed by atoms with Crippen LogP contribution in [0.5, 0.6) is 5.75 Å². The molecule has 0 unspecified atom stereocenters. The molecule has 0 saturated heterocycles. The van der Waals surface area contributed by atoms with Gasteiger partial charge >= 0.3 is 7.12 Å². The Morgan fingerprint density at radius 1 is 1.50 bits per heavy atom. The van der Waals surface area contributed by atoms with Crippen LogP contribution in [0.15, 0.2) is 18.2 Å². The summed E-state index contributed by atoms with van der Waals surface area (Å²) in [5.74, 6) is -1.15. The largest absolute Gasteiger partial charge is 0.547 e. The normalized spacial score (nSPS) is 17.1. The molecule has 0 fully saturated rings. The van der Waals surface area contributed by atoms with Crippen molar-refractivity contribution in [3.8, 4) is 5.75 Å². The van der Waals surface area contributed by atoms with E-state index in [4.69, 9.17) is 4.65 Å². The van der Waals surface area contributed by atoms with Crippen molar-refractivity contribution in [2.24, 2.45) is 0 Å². The molecular formula is C13H15BFNO4. The van der Waals surface area contributed by atoms with Crippen molar-refractivity contribution in [1.29, 1.82) is 0 Å². The highest BCUT2D eigenvalue weighted by Crippen LogP contribution is 2.26. The summed E-state index contributed by atoms with van der Waals surface area (Å²) in [4.78, 5) is 22.4. The number of fused-ring (bicyclic) bond motifs is 1. The number of nitrogens with one attached hydrogen (secondary N) is 1. The zero-order valence-electron chi connectivity index (χ0n) is 11.1. The molecule has 0 bridgehead atoms. The Kier molecular flexibility index (Phi) is 4.39. The monoisotopic (exact) mass is 279 g/mol.